The number of halogens is 7. The van der Waals surface area contributed by atoms with Crippen molar-refractivity contribution in [2.24, 2.45) is 0 Å². The molecule has 0 aliphatic carbocycles. The number of ether oxygens (including phenoxy) is 1. The number of carbonyl (C=O) groups excluding carboxylic acids is 1. The van der Waals surface area contributed by atoms with Crippen molar-refractivity contribution in [1.82, 2.24) is 9.88 Å². The lowest BCUT2D eigenvalue weighted by molar-refractivity contribution is -0.137. The lowest BCUT2D eigenvalue weighted by Gasteiger charge is -2.39. The topological polar surface area (TPSA) is 45.7 Å². The minimum atomic E-state index is -4.76. The maximum Gasteiger partial charge on any atom is 0.416 e. The normalized spacial score (nSPS) is 22.7. The Labute approximate surface area is 187 Å². The van der Waals surface area contributed by atoms with E-state index < -0.39 is 54.8 Å². The molecular formula is C20H16BrF6N3O2. The van der Waals surface area contributed by atoms with E-state index in [4.69, 9.17) is 4.74 Å². The van der Waals surface area contributed by atoms with E-state index in [-0.39, 0.29) is 12.1 Å². The van der Waals surface area contributed by atoms with Gasteiger partial charge in [-0.1, -0.05) is 0 Å². The van der Waals surface area contributed by atoms with E-state index in [1.807, 2.05) is 0 Å². The molecule has 5 nitrogen and oxygen atoms in total. The summed E-state index contributed by atoms with van der Waals surface area (Å²) in [6.07, 6.45) is -6.70. The molecule has 4 rings (SSSR count). The highest BCUT2D eigenvalue weighted by molar-refractivity contribution is 9.10. The SMILES string of the molecule is C[C@H]1[C@@H](c2cc(F)cc(C(F)(F)F)c2)OC(=O)N1Cc1nc(N2CC(F)(F)C2)ccc1Br. The summed E-state index contributed by atoms with van der Waals surface area (Å²) in [5.41, 5.74) is -0.945. The first kappa shape index (κ1) is 22.7. The maximum absolute atomic E-state index is 13.8. The van der Waals surface area contributed by atoms with Gasteiger partial charge in [0.25, 0.3) is 5.92 Å². The van der Waals surface area contributed by atoms with Crippen molar-refractivity contribution in [3.63, 3.8) is 0 Å². The molecule has 2 fully saturated rings. The zero-order valence-corrected chi connectivity index (χ0v) is 18.1. The molecule has 2 aromatic rings. The molecule has 1 aromatic carbocycles. The Balaban J connectivity index is 1.56. The molecule has 1 aromatic heterocycles. The molecule has 2 aliphatic heterocycles. The van der Waals surface area contributed by atoms with Gasteiger partial charge in [0.05, 0.1) is 36.9 Å². The van der Waals surface area contributed by atoms with Gasteiger partial charge < -0.3 is 9.64 Å². The van der Waals surface area contributed by atoms with Crippen LogP contribution in [0, 0.1) is 5.82 Å². The van der Waals surface area contributed by atoms with Crippen molar-refractivity contribution < 1.29 is 35.9 Å². The number of alkyl halides is 5. The van der Waals surface area contributed by atoms with E-state index in [2.05, 4.69) is 20.9 Å². The van der Waals surface area contributed by atoms with Crippen LogP contribution in [-0.4, -0.2) is 41.0 Å². The summed E-state index contributed by atoms with van der Waals surface area (Å²) in [5, 5.41) is 0. The van der Waals surface area contributed by atoms with Gasteiger partial charge in [-0.25, -0.2) is 22.9 Å². The third-order valence-electron chi connectivity index (χ3n) is 5.36. The van der Waals surface area contributed by atoms with Crippen LogP contribution in [0.5, 0.6) is 0 Å². The van der Waals surface area contributed by atoms with Crippen LogP contribution in [0.4, 0.5) is 37.0 Å². The highest BCUT2D eigenvalue weighted by Gasteiger charge is 2.45. The average Bonchev–Trinajstić information content (AvgIpc) is 2.95. The van der Waals surface area contributed by atoms with Gasteiger partial charge in [-0.3, -0.25) is 4.90 Å². The smallest absolute Gasteiger partial charge is 0.416 e. The van der Waals surface area contributed by atoms with Crippen LogP contribution >= 0.6 is 15.9 Å². The highest BCUT2D eigenvalue weighted by Crippen LogP contribution is 2.38. The Morgan fingerprint density at radius 3 is 2.53 bits per heavy atom. The van der Waals surface area contributed by atoms with Gasteiger partial charge >= 0.3 is 12.3 Å². The fourth-order valence-corrected chi connectivity index (χ4v) is 4.04. The summed E-state index contributed by atoms with van der Waals surface area (Å²) in [4.78, 5) is 19.4. The standard InChI is InChI=1S/C20H16BrF6N3O2/c1-10-17(11-4-12(20(25,26)27)6-13(22)5-11)32-18(31)30(10)7-15-14(21)2-3-16(28-15)29-8-19(23,24)9-29/h2-6,10,17H,7-9H2,1H3/t10-,17-/m0/s1. The molecule has 3 heterocycles. The van der Waals surface area contributed by atoms with Crippen LogP contribution in [0.3, 0.4) is 0 Å². The Bertz CT molecular complexity index is 1060. The highest BCUT2D eigenvalue weighted by atomic mass is 79.9. The number of benzene rings is 1. The number of amides is 1. The summed E-state index contributed by atoms with van der Waals surface area (Å²) in [6, 6.07) is 4.44. The lowest BCUT2D eigenvalue weighted by Crippen LogP contribution is -2.56. The van der Waals surface area contributed by atoms with Gasteiger partial charge in [0.1, 0.15) is 17.7 Å². The quantitative estimate of drug-likeness (QED) is 0.493. The number of carbonyl (C=O) groups is 1. The number of aromatic nitrogens is 1. The molecule has 32 heavy (non-hydrogen) atoms. The number of rotatable bonds is 4. The summed E-state index contributed by atoms with van der Waals surface area (Å²) < 4.78 is 85.1. The van der Waals surface area contributed by atoms with E-state index in [1.165, 1.54) is 9.80 Å². The zero-order valence-electron chi connectivity index (χ0n) is 16.5. The number of hydrogen-bond acceptors (Lipinski definition) is 4. The van der Waals surface area contributed by atoms with E-state index in [9.17, 15) is 31.1 Å². The van der Waals surface area contributed by atoms with Gasteiger partial charge in [-0.05, 0) is 58.7 Å². The number of pyridine rings is 1. The molecule has 172 valence electrons. The number of nitrogens with zero attached hydrogens (tertiary/aromatic N) is 3. The molecule has 0 bridgehead atoms. The average molecular weight is 524 g/mol. The zero-order chi connectivity index (χ0) is 23.4. The molecule has 2 aliphatic rings. The number of anilines is 1. The molecule has 0 spiro atoms. The predicted octanol–water partition coefficient (Wildman–Crippen LogP) is 5.54. The van der Waals surface area contributed by atoms with Crippen molar-refractivity contribution >= 4 is 27.8 Å². The fourth-order valence-electron chi connectivity index (χ4n) is 3.70. The van der Waals surface area contributed by atoms with Crippen LogP contribution in [0.1, 0.15) is 29.8 Å². The van der Waals surface area contributed by atoms with Crippen LogP contribution in [0.15, 0.2) is 34.8 Å². The summed E-state index contributed by atoms with van der Waals surface area (Å²) >= 11 is 3.31. The molecule has 0 unspecified atom stereocenters. The molecular weight excluding hydrogens is 508 g/mol. The predicted molar refractivity (Wildman–Crippen MR) is 105 cm³/mol. The summed E-state index contributed by atoms with van der Waals surface area (Å²) in [7, 11) is 0. The lowest BCUT2D eigenvalue weighted by atomic mass is 10.0. The van der Waals surface area contributed by atoms with Crippen LogP contribution in [-0.2, 0) is 17.5 Å². The Kier molecular flexibility index (Phi) is 5.54. The van der Waals surface area contributed by atoms with E-state index >= 15 is 0 Å². The van der Waals surface area contributed by atoms with Crippen LogP contribution in [0.25, 0.3) is 0 Å². The molecule has 0 radical (unpaired) electrons. The van der Waals surface area contributed by atoms with E-state index in [0.29, 0.717) is 22.1 Å². The molecule has 0 saturated carbocycles. The second-order valence-corrected chi connectivity index (χ2v) is 8.61. The summed E-state index contributed by atoms with van der Waals surface area (Å²) in [6.45, 7) is 0.539. The second-order valence-electron chi connectivity index (χ2n) is 7.75. The van der Waals surface area contributed by atoms with Crippen molar-refractivity contribution in [2.75, 3.05) is 18.0 Å². The molecule has 1 amide bonds. The first-order chi connectivity index (χ1) is 14.8. The number of cyclic esters (lactones) is 1. The van der Waals surface area contributed by atoms with Crippen molar-refractivity contribution in [3.05, 3.63) is 57.4 Å². The van der Waals surface area contributed by atoms with Crippen LogP contribution in [0.2, 0.25) is 0 Å². The summed E-state index contributed by atoms with van der Waals surface area (Å²) in [5.74, 6) is -3.57. The first-order valence-corrected chi connectivity index (χ1v) is 10.3. The molecule has 0 N–H and O–H groups in total. The van der Waals surface area contributed by atoms with Crippen LogP contribution < -0.4 is 4.90 Å². The third kappa shape index (κ3) is 4.37. The van der Waals surface area contributed by atoms with Gasteiger partial charge in [0.2, 0.25) is 0 Å². The van der Waals surface area contributed by atoms with Crippen molar-refractivity contribution in [1.29, 1.82) is 0 Å². The largest absolute Gasteiger partial charge is 0.439 e. The maximum atomic E-state index is 13.8. The number of hydrogen-bond donors (Lipinski definition) is 0. The van der Waals surface area contributed by atoms with E-state index in [1.54, 1.807) is 19.1 Å². The second kappa shape index (κ2) is 7.82. The monoisotopic (exact) mass is 523 g/mol. The Hall–Kier alpha value is -2.50. The third-order valence-corrected chi connectivity index (χ3v) is 6.08. The van der Waals surface area contributed by atoms with Gasteiger partial charge in [-0.15, -0.1) is 0 Å². The van der Waals surface area contributed by atoms with Gasteiger partial charge in [0, 0.05) is 4.47 Å². The minimum absolute atomic E-state index is 0.0867. The van der Waals surface area contributed by atoms with Gasteiger partial charge in [-0.2, -0.15) is 13.2 Å². The minimum Gasteiger partial charge on any atom is -0.439 e. The van der Waals surface area contributed by atoms with E-state index in [0.717, 1.165) is 12.1 Å². The Morgan fingerprint density at radius 1 is 1.22 bits per heavy atom. The van der Waals surface area contributed by atoms with Crippen molar-refractivity contribution in [2.45, 2.75) is 37.7 Å². The Morgan fingerprint density at radius 2 is 1.91 bits per heavy atom. The fraction of sp³-hybridized carbons (Fsp3) is 0.400. The van der Waals surface area contributed by atoms with Gasteiger partial charge in [0.15, 0.2) is 0 Å². The van der Waals surface area contributed by atoms with Crippen molar-refractivity contribution in [3.8, 4) is 0 Å². The first-order valence-electron chi connectivity index (χ1n) is 9.47. The molecule has 12 heteroatoms. The molecule has 2 atom stereocenters. The molecule has 2 saturated heterocycles.